The zero-order chi connectivity index (χ0) is 14.1. The average Bonchev–Trinajstić information content (AvgIpc) is 2.75. The molecule has 0 bridgehead atoms. The van der Waals surface area contributed by atoms with Gasteiger partial charge in [0.1, 0.15) is 0 Å². The molecule has 106 valence electrons. The molecule has 3 rings (SSSR count). The molecule has 0 spiro atoms. The topological polar surface area (TPSA) is 29.9 Å². The number of nitrogens with one attached hydrogen (secondary N) is 1. The molecule has 1 aliphatic heterocycles. The average molecular weight is 334 g/mol. The molecule has 20 heavy (non-hydrogen) atoms. The molecule has 1 saturated heterocycles. The lowest BCUT2D eigenvalue weighted by Gasteiger charge is -2.24. The lowest BCUT2D eigenvalue weighted by molar-refractivity contribution is 0.440. The second kappa shape index (κ2) is 5.70. The zero-order valence-corrected chi connectivity index (χ0v) is 13.6. The van der Waals surface area contributed by atoms with Crippen LogP contribution in [-0.2, 0) is 7.05 Å². The Labute approximate surface area is 128 Å². The van der Waals surface area contributed by atoms with Crippen LogP contribution in [0.25, 0.3) is 11.1 Å². The smallest absolute Gasteiger partial charge is 0.0675 e. The largest absolute Gasteiger partial charge is 0.317 e. The summed E-state index contributed by atoms with van der Waals surface area (Å²) in [7, 11) is 2.08. The third-order valence-electron chi connectivity index (χ3n) is 4.13. The highest BCUT2D eigenvalue weighted by molar-refractivity contribution is 9.10. The number of halogens is 1. The second-order valence-electron chi connectivity index (χ2n) is 5.50. The van der Waals surface area contributed by atoms with E-state index in [0.29, 0.717) is 5.92 Å². The Balaban J connectivity index is 2.07. The van der Waals surface area contributed by atoms with Crippen molar-refractivity contribution in [2.75, 3.05) is 13.1 Å². The van der Waals surface area contributed by atoms with Gasteiger partial charge in [0.15, 0.2) is 0 Å². The van der Waals surface area contributed by atoms with E-state index in [1.54, 1.807) is 0 Å². The van der Waals surface area contributed by atoms with Gasteiger partial charge >= 0.3 is 0 Å². The normalized spacial score (nSPS) is 16.6. The van der Waals surface area contributed by atoms with Gasteiger partial charge in [0.25, 0.3) is 0 Å². The van der Waals surface area contributed by atoms with Crippen LogP contribution < -0.4 is 5.32 Å². The van der Waals surface area contributed by atoms with Crippen molar-refractivity contribution in [1.29, 1.82) is 0 Å². The van der Waals surface area contributed by atoms with Crippen molar-refractivity contribution >= 4 is 15.9 Å². The Morgan fingerprint density at radius 3 is 2.50 bits per heavy atom. The van der Waals surface area contributed by atoms with Crippen LogP contribution in [0.1, 0.15) is 30.1 Å². The maximum absolute atomic E-state index is 4.67. The van der Waals surface area contributed by atoms with E-state index in [0.717, 1.165) is 23.3 Å². The Morgan fingerprint density at radius 2 is 1.85 bits per heavy atom. The van der Waals surface area contributed by atoms with Crippen molar-refractivity contribution in [3.63, 3.8) is 0 Å². The number of aryl methyl sites for hydroxylation is 2. The summed E-state index contributed by atoms with van der Waals surface area (Å²) in [4.78, 5) is 0. The number of hydrogen-bond acceptors (Lipinski definition) is 2. The van der Waals surface area contributed by atoms with E-state index in [1.807, 2.05) is 0 Å². The predicted octanol–water partition coefficient (Wildman–Crippen LogP) is 3.63. The van der Waals surface area contributed by atoms with Gasteiger partial charge in [-0.15, -0.1) is 0 Å². The Bertz CT molecular complexity index is 595. The first-order valence-electron chi connectivity index (χ1n) is 7.17. The molecule has 1 fully saturated rings. The molecule has 1 aromatic heterocycles. The van der Waals surface area contributed by atoms with E-state index in [1.165, 1.54) is 29.7 Å². The van der Waals surface area contributed by atoms with Crippen molar-refractivity contribution in [3.8, 4) is 11.1 Å². The first-order valence-corrected chi connectivity index (χ1v) is 7.96. The highest BCUT2D eigenvalue weighted by Crippen LogP contribution is 2.36. The molecule has 0 amide bonds. The van der Waals surface area contributed by atoms with Crippen molar-refractivity contribution in [3.05, 3.63) is 40.1 Å². The van der Waals surface area contributed by atoms with Gasteiger partial charge in [0.05, 0.1) is 5.69 Å². The molecule has 0 aliphatic carbocycles. The van der Waals surface area contributed by atoms with Gasteiger partial charge in [-0.05, 0) is 50.6 Å². The van der Waals surface area contributed by atoms with Crippen molar-refractivity contribution in [1.82, 2.24) is 15.1 Å². The number of rotatable bonds is 2. The maximum atomic E-state index is 4.67. The summed E-state index contributed by atoms with van der Waals surface area (Å²) in [6.07, 6.45) is 2.39. The summed E-state index contributed by atoms with van der Waals surface area (Å²) in [5, 5.41) is 8.11. The van der Waals surface area contributed by atoms with Crippen LogP contribution in [-0.4, -0.2) is 22.9 Å². The molecule has 0 unspecified atom stereocenters. The van der Waals surface area contributed by atoms with Crippen LogP contribution in [0.3, 0.4) is 0 Å². The number of benzene rings is 1. The Morgan fingerprint density at radius 1 is 1.20 bits per heavy atom. The van der Waals surface area contributed by atoms with E-state index in [2.05, 4.69) is 69.3 Å². The van der Waals surface area contributed by atoms with Gasteiger partial charge in [0.2, 0.25) is 0 Å². The van der Waals surface area contributed by atoms with Crippen LogP contribution in [0.15, 0.2) is 28.7 Å². The molecule has 0 radical (unpaired) electrons. The quantitative estimate of drug-likeness (QED) is 0.909. The SMILES string of the molecule is Cc1nn(C)c(C2CCNCC2)c1-c1ccc(Br)cc1. The molecule has 2 aromatic rings. The summed E-state index contributed by atoms with van der Waals surface area (Å²) in [6, 6.07) is 8.57. The molecule has 4 heteroatoms. The van der Waals surface area contributed by atoms with Crippen LogP contribution in [0.5, 0.6) is 0 Å². The predicted molar refractivity (Wildman–Crippen MR) is 85.9 cm³/mol. The fraction of sp³-hybridized carbons (Fsp3) is 0.438. The van der Waals surface area contributed by atoms with Crippen LogP contribution in [0.2, 0.25) is 0 Å². The summed E-state index contributed by atoms with van der Waals surface area (Å²) in [6.45, 7) is 4.32. The van der Waals surface area contributed by atoms with Gasteiger partial charge in [-0.2, -0.15) is 5.10 Å². The minimum Gasteiger partial charge on any atom is -0.317 e. The van der Waals surface area contributed by atoms with Crippen molar-refractivity contribution in [2.24, 2.45) is 7.05 Å². The van der Waals surface area contributed by atoms with Crippen molar-refractivity contribution < 1.29 is 0 Å². The molecule has 0 atom stereocenters. The molecule has 1 aliphatic rings. The van der Waals surface area contributed by atoms with Crippen LogP contribution >= 0.6 is 15.9 Å². The standard InChI is InChI=1S/C16H20BrN3/c1-11-15(12-3-5-14(17)6-4-12)16(20(2)19-11)13-7-9-18-10-8-13/h3-6,13,18H,7-10H2,1-2H3. The summed E-state index contributed by atoms with van der Waals surface area (Å²) in [5.41, 5.74) is 5.12. The highest BCUT2D eigenvalue weighted by Gasteiger charge is 2.24. The van der Waals surface area contributed by atoms with E-state index in [4.69, 9.17) is 0 Å². The fourth-order valence-electron chi connectivity index (χ4n) is 3.21. The van der Waals surface area contributed by atoms with Gasteiger partial charge in [0, 0.05) is 28.7 Å². The second-order valence-corrected chi connectivity index (χ2v) is 6.42. The first-order chi connectivity index (χ1) is 9.66. The first kappa shape index (κ1) is 13.8. The zero-order valence-electron chi connectivity index (χ0n) is 12.0. The van der Waals surface area contributed by atoms with E-state index < -0.39 is 0 Å². The summed E-state index contributed by atoms with van der Waals surface area (Å²) >= 11 is 3.51. The van der Waals surface area contributed by atoms with Gasteiger partial charge in [-0.25, -0.2) is 0 Å². The highest BCUT2D eigenvalue weighted by atomic mass is 79.9. The van der Waals surface area contributed by atoms with Crippen molar-refractivity contribution in [2.45, 2.75) is 25.7 Å². The number of hydrogen-bond donors (Lipinski definition) is 1. The summed E-state index contributed by atoms with van der Waals surface area (Å²) in [5.74, 6) is 0.612. The Hall–Kier alpha value is -1.13. The lowest BCUT2D eigenvalue weighted by atomic mass is 9.89. The van der Waals surface area contributed by atoms with E-state index >= 15 is 0 Å². The number of nitrogens with zero attached hydrogens (tertiary/aromatic N) is 2. The van der Waals surface area contributed by atoms with E-state index in [-0.39, 0.29) is 0 Å². The number of piperidine rings is 1. The minimum absolute atomic E-state index is 0.612. The molecule has 1 aromatic carbocycles. The molecular weight excluding hydrogens is 314 g/mol. The molecule has 2 heterocycles. The summed E-state index contributed by atoms with van der Waals surface area (Å²) < 4.78 is 3.20. The molecular formula is C16H20BrN3. The van der Waals surface area contributed by atoms with Gasteiger partial charge in [-0.1, -0.05) is 28.1 Å². The maximum Gasteiger partial charge on any atom is 0.0675 e. The molecule has 0 saturated carbocycles. The lowest BCUT2D eigenvalue weighted by Crippen LogP contribution is -2.27. The van der Waals surface area contributed by atoms with E-state index in [9.17, 15) is 0 Å². The third-order valence-corrected chi connectivity index (χ3v) is 4.65. The number of aromatic nitrogens is 2. The third kappa shape index (κ3) is 2.54. The molecule has 1 N–H and O–H groups in total. The fourth-order valence-corrected chi connectivity index (χ4v) is 3.48. The van der Waals surface area contributed by atoms with Gasteiger partial charge < -0.3 is 5.32 Å². The monoisotopic (exact) mass is 333 g/mol. The van der Waals surface area contributed by atoms with Crippen LogP contribution in [0.4, 0.5) is 0 Å². The Kier molecular flexibility index (Phi) is 3.94. The minimum atomic E-state index is 0.612. The molecule has 3 nitrogen and oxygen atoms in total. The van der Waals surface area contributed by atoms with Crippen LogP contribution in [0, 0.1) is 6.92 Å². The van der Waals surface area contributed by atoms with Gasteiger partial charge in [-0.3, -0.25) is 4.68 Å².